The molecule has 1 aromatic heterocycles. The van der Waals surface area contributed by atoms with Crippen molar-refractivity contribution in [3.05, 3.63) is 22.2 Å². The van der Waals surface area contributed by atoms with Gasteiger partial charge in [0.15, 0.2) is 0 Å². The van der Waals surface area contributed by atoms with Gasteiger partial charge in [-0.1, -0.05) is 0 Å². The van der Waals surface area contributed by atoms with Gasteiger partial charge in [0.05, 0.1) is 0 Å². The van der Waals surface area contributed by atoms with E-state index in [-0.39, 0.29) is 11.7 Å². The second-order valence-corrected chi connectivity index (χ2v) is 3.76. The highest BCUT2D eigenvalue weighted by Gasteiger charge is 2.28. The largest absolute Gasteiger partial charge is 0.405 e. The topological polar surface area (TPSA) is 57.8 Å². The van der Waals surface area contributed by atoms with Crippen LogP contribution in [0.4, 0.5) is 19.0 Å². The van der Waals surface area contributed by atoms with Crippen LogP contribution in [0, 0.1) is 0 Å². The monoisotopic (exact) mass is 233 g/mol. The van der Waals surface area contributed by atoms with Gasteiger partial charge in [-0.25, -0.2) is 4.98 Å². The Balaban J connectivity index is 2.11. The zero-order valence-electron chi connectivity index (χ0n) is 8.27. The molecular weight excluding hydrogens is 223 g/mol. The number of alkyl halides is 3. The molecule has 1 aromatic rings. The van der Waals surface area contributed by atoms with Crippen LogP contribution in [-0.2, 0) is 0 Å². The summed E-state index contributed by atoms with van der Waals surface area (Å²) in [5, 5.41) is 2.09. The molecule has 1 aliphatic carbocycles. The average molecular weight is 233 g/mol. The van der Waals surface area contributed by atoms with Gasteiger partial charge in [0.1, 0.15) is 18.2 Å². The van der Waals surface area contributed by atoms with E-state index >= 15 is 0 Å². The number of rotatable bonds is 3. The smallest absolute Gasteiger partial charge is 0.361 e. The molecule has 2 N–H and O–H groups in total. The first-order valence-corrected chi connectivity index (χ1v) is 4.86. The van der Waals surface area contributed by atoms with Gasteiger partial charge in [0.25, 0.3) is 5.56 Å². The lowest BCUT2D eigenvalue weighted by atomic mass is 10.4. The molecule has 0 radical (unpaired) electrons. The van der Waals surface area contributed by atoms with E-state index in [2.05, 4.69) is 15.3 Å². The number of halogens is 3. The zero-order chi connectivity index (χ0) is 11.8. The van der Waals surface area contributed by atoms with Gasteiger partial charge in [0.2, 0.25) is 0 Å². The fourth-order valence-corrected chi connectivity index (χ4v) is 1.31. The summed E-state index contributed by atoms with van der Waals surface area (Å²) in [6.07, 6.45) is -2.47. The first-order chi connectivity index (χ1) is 7.44. The highest BCUT2D eigenvalue weighted by Crippen LogP contribution is 2.37. The minimum atomic E-state index is -4.32. The molecule has 2 rings (SSSR count). The summed E-state index contributed by atoms with van der Waals surface area (Å²) in [6, 6.07) is 1.03. The normalized spacial score (nSPS) is 16.2. The van der Waals surface area contributed by atoms with E-state index < -0.39 is 18.3 Å². The SMILES string of the molecule is O=c1cc(NCC(F)(F)F)nc(C2CC2)[nH]1. The molecule has 1 heterocycles. The minimum absolute atomic E-state index is 0.0250. The molecule has 88 valence electrons. The van der Waals surface area contributed by atoms with Crippen LogP contribution in [0.5, 0.6) is 0 Å². The van der Waals surface area contributed by atoms with Crippen molar-refractivity contribution in [2.45, 2.75) is 24.9 Å². The summed E-state index contributed by atoms with van der Waals surface area (Å²) >= 11 is 0. The summed E-state index contributed by atoms with van der Waals surface area (Å²) < 4.78 is 35.8. The molecule has 0 unspecified atom stereocenters. The Bertz CT molecular complexity index is 436. The summed E-state index contributed by atoms with van der Waals surface area (Å²) in [7, 11) is 0. The second-order valence-electron chi connectivity index (χ2n) is 3.76. The van der Waals surface area contributed by atoms with Gasteiger partial charge < -0.3 is 10.3 Å². The van der Waals surface area contributed by atoms with Crippen LogP contribution in [0.1, 0.15) is 24.6 Å². The fourth-order valence-electron chi connectivity index (χ4n) is 1.31. The summed E-state index contributed by atoms with van der Waals surface area (Å²) in [6.45, 7) is -1.19. The van der Waals surface area contributed by atoms with Gasteiger partial charge >= 0.3 is 6.18 Å². The standard InChI is InChI=1S/C9H10F3N3O/c10-9(11,12)4-13-6-3-7(16)15-8(14-6)5-1-2-5/h3,5H,1-2,4H2,(H2,13,14,15,16). The van der Waals surface area contributed by atoms with Crippen molar-refractivity contribution in [1.29, 1.82) is 0 Å². The third-order valence-electron chi connectivity index (χ3n) is 2.19. The minimum Gasteiger partial charge on any atom is -0.361 e. The number of hydrogen-bond donors (Lipinski definition) is 2. The Morgan fingerprint density at radius 3 is 2.75 bits per heavy atom. The Labute approximate surface area is 88.9 Å². The van der Waals surface area contributed by atoms with Crippen LogP contribution in [0.3, 0.4) is 0 Å². The number of aromatic amines is 1. The van der Waals surface area contributed by atoms with Crippen LogP contribution in [0.15, 0.2) is 10.9 Å². The van der Waals surface area contributed by atoms with Crippen LogP contribution in [0.25, 0.3) is 0 Å². The summed E-state index contributed by atoms with van der Waals surface area (Å²) in [4.78, 5) is 17.6. The predicted molar refractivity (Wildman–Crippen MR) is 51.4 cm³/mol. The third-order valence-corrected chi connectivity index (χ3v) is 2.19. The first kappa shape index (κ1) is 11.0. The number of hydrogen-bond acceptors (Lipinski definition) is 3. The van der Waals surface area contributed by atoms with Crippen LogP contribution in [0.2, 0.25) is 0 Å². The van der Waals surface area contributed by atoms with Crippen molar-refractivity contribution >= 4 is 5.82 Å². The molecule has 0 aliphatic heterocycles. The van der Waals surface area contributed by atoms with Crippen molar-refractivity contribution < 1.29 is 13.2 Å². The first-order valence-electron chi connectivity index (χ1n) is 4.86. The number of H-pyrrole nitrogens is 1. The highest BCUT2D eigenvalue weighted by molar-refractivity contribution is 5.34. The lowest BCUT2D eigenvalue weighted by Crippen LogP contribution is -2.23. The molecule has 0 spiro atoms. The lowest BCUT2D eigenvalue weighted by Gasteiger charge is -2.09. The van der Waals surface area contributed by atoms with Crippen molar-refractivity contribution in [3.63, 3.8) is 0 Å². The maximum absolute atomic E-state index is 11.9. The molecular formula is C9H10F3N3O. The molecule has 0 aromatic carbocycles. The highest BCUT2D eigenvalue weighted by atomic mass is 19.4. The van der Waals surface area contributed by atoms with Crippen molar-refractivity contribution in [2.75, 3.05) is 11.9 Å². The number of anilines is 1. The van der Waals surface area contributed by atoms with E-state index in [4.69, 9.17) is 0 Å². The maximum Gasteiger partial charge on any atom is 0.405 e. The van der Waals surface area contributed by atoms with Crippen molar-refractivity contribution in [2.24, 2.45) is 0 Å². The van der Waals surface area contributed by atoms with E-state index in [0.717, 1.165) is 18.9 Å². The fraction of sp³-hybridized carbons (Fsp3) is 0.556. The molecule has 0 saturated heterocycles. The van der Waals surface area contributed by atoms with E-state index in [0.29, 0.717) is 5.82 Å². The van der Waals surface area contributed by atoms with Gasteiger partial charge in [-0.2, -0.15) is 13.2 Å². The molecule has 7 heteroatoms. The Morgan fingerprint density at radius 2 is 2.19 bits per heavy atom. The van der Waals surface area contributed by atoms with Gasteiger partial charge in [0, 0.05) is 12.0 Å². The number of nitrogens with one attached hydrogen (secondary N) is 2. The Kier molecular flexibility index (Phi) is 2.61. The molecule has 0 amide bonds. The molecule has 1 fully saturated rings. The Morgan fingerprint density at radius 1 is 1.50 bits per heavy atom. The molecule has 1 aliphatic rings. The molecule has 1 saturated carbocycles. The van der Waals surface area contributed by atoms with Crippen LogP contribution >= 0.6 is 0 Å². The zero-order valence-corrected chi connectivity index (χ0v) is 8.27. The average Bonchev–Trinajstić information content (AvgIpc) is 2.95. The van der Waals surface area contributed by atoms with E-state index in [1.807, 2.05) is 0 Å². The molecule has 16 heavy (non-hydrogen) atoms. The summed E-state index contributed by atoms with van der Waals surface area (Å²) in [5.74, 6) is 0.639. The predicted octanol–water partition coefficient (Wildman–Crippen LogP) is 1.62. The third kappa shape index (κ3) is 2.98. The molecule has 0 atom stereocenters. The number of nitrogens with zero attached hydrogens (tertiary/aromatic N) is 1. The lowest BCUT2D eigenvalue weighted by molar-refractivity contribution is -0.115. The number of aromatic nitrogens is 2. The summed E-state index contributed by atoms with van der Waals surface area (Å²) in [5.41, 5.74) is -0.429. The van der Waals surface area contributed by atoms with Gasteiger partial charge in [-0.05, 0) is 12.8 Å². The second kappa shape index (κ2) is 3.80. The van der Waals surface area contributed by atoms with Crippen LogP contribution < -0.4 is 10.9 Å². The van der Waals surface area contributed by atoms with Crippen molar-refractivity contribution in [3.8, 4) is 0 Å². The molecule has 0 bridgehead atoms. The van der Waals surface area contributed by atoms with Crippen molar-refractivity contribution in [1.82, 2.24) is 9.97 Å². The van der Waals surface area contributed by atoms with E-state index in [9.17, 15) is 18.0 Å². The quantitative estimate of drug-likeness (QED) is 0.834. The van der Waals surface area contributed by atoms with E-state index in [1.54, 1.807) is 0 Å². The maximum atomic E-state index is 11.9. The Hall–Kier alpha value is -1.53. The van der Waals surface area contributed by atoms with Crippen LogP contribution in [-0.4, -0.2) is 22.7 Å². The van der Waals surface area contributed by atoms with E-state index in [1.165, 1.54) is 0 Å². The van der Waals surface area contributed by atoms with Gasteiger partial charge in [-0.3, -0.25) is 4.79 Å². The molecule has 4 nitrogen and oxygen atoms in total. The van der Waals surface area contributed by atoms with Gasteiger partial charge in [-0.15, -0.1) is 0 Å².